The van der Waals surface area contributed by atoms with E-state index in [-0.39, 0.29) is 0 Å². The lowest BCUT2D eigenvalue weighted by Gasteiger charge is -2.10. The predicted octanol–water partition coefficient (Wildman–Crippen LogP) is 3.58. The molecule has 0 aromatic heterocycles. The standard InChI is InChI=1S/C17H19N3OS/c1-3-13-8-10-14(11-9-13)12-18-20-17(22)19-15-6-4-5-7-16(15)21-2/h4-12H,3H2,1-2H3,(H2,19,20,22). The highest BCUT2D eigenvalue weighted by molar-refractivity contribution is 7.80. The van der Waals surface area contributed by atoms with Crippen molar-refractivity contribution in [2.45, 2.75) is 13.3 Å². The van der Waals surface area contributed by atoms with Gasteiger partial charge >= 0.3 is 0 Å². The Morgan fingerprint density at radius 1 is 1.18 bits per heavy atom. The minimum absolute atomic E-state index is 0.408. The predicted molar refractivity (Wildman–Crippen MR) is 95.8 cm³/mol. The number of para-hydroxylation sites is 2. The maximum absolute atomic E-state index is 5.25. The zero-order chi connectivity index (χ0) is 15.8. The van der Waals surface area contributed by atoms with Crippen LogP contribution in [0.3, 0.4) is 0 Å². The summed E-state index contributed by atoms with van der Waals surface area (Å²) in [7, 11) is 1.62. The average molecular weight is 313 g/mol. The van der Waals surface area contributed by atoms with Gasteiger partial charge < -0.3 is 10.1 Å². The van der Waals surface area contributed by atoms with E-state index < -0.39 is 0 Å². The smallest absolute Gasteiger partial charge is 0.191 e. The van der Waals surface area contributed by atoms with Crippen LogP contribution in [0.15, 0.2) is 53.6 Å². The molecule has 2 rings (SSSR count). The van der Waals surface area contributed by atoms with Gasteiger partial charge in [-0.2, -0.15) is 5.10 Å². The van der Waals surface area contributed by atoms with Gasteiger partial charge in [0.2, 0.25) is 0 Å². The van der Waals surface area contributed by atoms with Gasteiger partial charge in [-0.3, -0.25) is 5.43 Å². The molecule has 5 heteroatoms. The quantitative estimate of drug-likeness (QED) is 0.503. The molecule has 0 heterocycles. The van der Waals surface area contributed by atoms with Crippen molar-refractivity contribution in [3.05, 3.63) is 59.7 Å². The van der Waals surface area contributed by atoms with Gasteiger partial charge in [0.05, 0.1) is 19.0 Å². The van der Waals surface area contributed by atoms with Crippen molar-refractivity contribution in [2.24, 2.45) is 5.10 Å². The fourth-order valence-corrected chi connectivity index (χ4v) is 2.07. The third-order valence-electron chi connectivity index (χ3n) is 3.12. The summed E-state index contributed by atoms with van der Waals surface area (Å²) in [6.07, 6.45) is 2.76. The topological polar surface area (TPSA) is 45.7 Å². The van der Waals surface area contributed by atoms with Crippen LogP contribution in [0.5, 0.6) is 5.75 Å². The van der Waals surface area contributed by atoms with E-state index in [0.717, 1.165) is 23.4 Å². The number of aryl methyl sites for hydroxylation is 1. The molecule has 0 aliphatic heterocycles. The molecule has 0 amide bonds. The number of rotatable bonds is 5. The number of hydrazone groups is 1. The van der Waals surface area contributed by atoms with Gasteiger partial charge in [0.1, 0.15) is 5.75 Å². The molecule has 0 atom stereocenters. The number of thiocarbonyl (C=S) groups is 1. The van der Waals surface area contributed by atoms with E-state index in [4.69, 9.17) is 17.0 Å². The van der Waals surface area contributed by atoms with Gasteiger partial charge in [0, 0.05) is 0 Å². The molecule has 0 radical (unpaired) electrons. The van der Waals surface area contributed by atoms with E-state index in [1.54, 1.807) is 13.3 Å². The summed E-state index contributed by atoms with van der Waals surface area (Å²) in [6.45, 7) is 2.13. The Balaban J connectivity index is 1.90. The van der Waals surface area contributed by atoms with Crippen LogP contribution >= 0.6 is 12.2 Å². The molecule has 0 spiro atoms. The van der Waals surface area contributed by atoms with Crippen molar-refractivity contribution in [3.63, 3.8) is 0 Å². The summed E-state index contributed by atoms with van der Waals surface area (Å²) in [5.41, 5.74) is 5.91. The Hall–Kier alpha value is -2.40. The van der Waals surface area contributed by atoms with E-state index in [9.17, 15) is 0 Å². The van der Waals surface area contributed by atoms with Crippen LogP contribution in [0.4, 0.5) is 5.69 Å². The molecule has 114 valence electrons. The van der Waals surface area contributed by atoms with E-state index in [1.165, 1.54) is 5.56 Å². The number of hydrogen-bond acceptors (Lipinski definition) is 3. The van der Waals surface area contributed by atoms with Crippen molar-refractivity contribution in [3.8, 4) is 5.75 Å². The summed E-state index contributed by atoms with van der Waals surface area (Å²) in [5, 5.41) is 7.58. The normalized spacial score (nSPS) is 10.5. The summed E-state index contributed by atoms with van der Waals surface area (Å²) in [4.78, 5) is 0. The molecule has 0 saturated heterocycles. The molecule has 2 aromatic carbocycles. The second-order valence-electron chi connectivity index (χ2n) is 4.62. The molecule has 2 aromatic rings. The van der Waals surface area contributed by atoms with Crippen molar-refractivity contribution < 1.29 is 4.74 Å². The maximum Gasteiger partial charge on any atom is 0.191 e. The molecule has 0 aliphatic rings. The van der Waals surface area contributed by atoms with Gasteiger partial charge in [0.15, 0.2) is 5.11 Å². The Morgan fingerprint density at radius 3 is 2.59 bits per heavy atom. The number of methoxy groups -OCH3 is 1. The van der Waals surface area contributed by atoms with Crippen LogP contribution in [-0.4, -0.2) is 18.4 Å². The molecule has 22 heavy (non-hydrogen) atoms. The van der Waals surface area contributed by atoms with Crippen molar-refractivity contribution in [2.75, 3.05) is 12.4 Å². The van der Waals surface area contributed by atoms with Crippen LogP contribution in [0.2, 0.25) is 0 Å². The van der Waals surface area contributed by atoms with E-state index in [0.29, 0.717) is 5.11 Å². The van der Waals surface area contributed by atoms with Crippen LogP contribution < -0.4 is 15.5 Å². The third-order valence-corrected chi connectivity index (χ3v) is 3.32. The van der Waals surface area contributed by atoms with E-state index in [2.05, 4.69) is 34.9 Å². The molecule has 0 saturated carbocycles. The SMILES string of the molecule is CCc1ccc(C=NNC(=S)Nc2ccccc2OC)cc1. The molecule has 4 nitrogen and oxygen atoms in total. The van der Waals surface area contributed by atoms with Crippen molar-refractivity contribution in [1.29, 1.82) is 0 Å². The Morgan fingerprint density at radius 2 is 1.91 bits per heavy atom. The molecule has 0 bridgehead atoms. The third kappa shape index (κ3) is 4.56. The second-order valence-corrected chi connectivity index (χ2v) is 5.03. The van der Waals surface area contributed by atoms with Crippen LogP contribution in [0.25, 0.3) is 0 Å². The average Bonchev–Trinajstić information content (AvgIpc) is 2.56. The van der Waals surface area contributed by atoms with E-state index in [1.807, 2.05) is 36.4 Å². The molecule has 0 fully saturated rings. The van der Waals surface area contributed by atoms with E-state index >= 15 is 0 Å². The summed E-state index contributed by atoms with van der Waals surface area (Å²) in [5.74, 6) is 0.728. The monoisotopic (exact) mass is 313 g/mol. The minimum Gasteiger partial charge on any atom is -0.495 e. The van der Waals surface area contributed by atoms with Crippen LogP contribution in [0, 0.1) is 0 Å². The lowest BCUT2D eigenvalue weighted by Crippen LogP contribution is -2.24. The molecule has 2 N–H and O–H groups in total. The zero-order valence-corrected chi connectivity index (χ0v) is 13.5. The fraction of sp³-hybridized carbons (Fsp3) is 0.176. The summed E-state index contributed by atoms with van der Waals surface area (Å²) >= 11 is 5.21. The summed E-state index contributed by atoms with van der Waals surface area (Å²) in [6, 6.07) is 15.8. The fourth-order valence-electron chi connectivity index (χ4n) is 1.90. The number of hydrogen-bond donors (Lipinski definition) is 2. The number of ether oxygens (including phenoxy) is 1. The number of anilines is 1. The Labute approximate surface area is 136 Å². The summed E-state index contributed by atoms with van der Waals surface area (Å²) < 4.78 is 5.25. The van der Waals surface area contributed by atoms with Crippen LogP contribution in [0.1, 0.15) is 18.1 Å². The van der Waals surface area contributed by atoms with Gasteiger partial charge in [-0.1, -0.05) is 43.3 Å². The highest BCUT2D eigenvalue weighted by Gasteiger charge is 2.02. The van der Waals surface area contributed by atoms with Crippen LogP contribution in [-0.2, 0) is 6.42 Å². The second kappa shape index (κ2) is 8.14. The number of nitrogens with zero attached hydrogens (tertiary/aromatic N) is 1. The number of nitrogens with one attached hydrogen (secondary N) is 2. The lowest BCUT2D eigenvalue weighted by atomic mass is 10.1. The highest BCUT2D eigenvalue weighted by atomic mass is 32.1. The Kier molecular flexibility index (Phi) is 5.91. The first-order chi connectivity index (χ1) is 10.7. The first-order valence-corrected chi connectivity index (χ1v) is 7.45. The molecular weight excluding hydrogens is 294 g/mol. The molecule has 0 aliphatic carbocycles. The van der Waals surface area contributed by atoms with Gasteiger partial charge in [-0.15, -0.1) is 0 Å². The molecule has 0 unspecified atom stereocenters. The Bertz CT molecular complexity index is 653. The minimum atomic E-state index is 0.408. The zero-order valence-electron chi connectivity index (χ0n) is 12.7. The first-order valence-electron chi connectivity index (χ1n) is 7.05. The maximum atomic E-state index is 5.25. The van der Waals surface area contributed by atoms with Gasteiger partial charge in [0.25, 0.3) is 0 Å². The van der Waals surface area contributed by atoms with Gasteiger partial charge in [-0.05, 0) is 41.9 Å². The van der Waals surface area contributed by atoms with Crippen molar-refractivity contribution in [1.82, 2.24) is 5.43 Å². The van der Waals surface area contributed by atoms with Gasteiger partial charge in [-0.25, -0.2) is 0 Å². The van der Waals surface area contributed by atoms with Crippen molar-refractivity contribution >= 4 is 29.2 Å². The lowest BCUT2D eigenvalue weighted by molar-refractivity contribution is 0.417. The highest BCUT2D eigenvalue weighted by Crippen LogP contribution is 2.22. The number of benzene rings is 2. The largest absolute Gasteiger partial charge is 0.495 e. The molecular formula is C17H19N3OS. The first kappa shape index (κ1) is 16.0.